The summed E-state index contributed by atoms with van der Waals surface area (Å²) in [7, 11) is 0. The van der Waals surface area contributed by atoms with Crippen molar-refractivity contribution in [1.29, 1.82) is 0 Å². The minimum Gasteiger partial charge on any atom is -0.352 e. The van der Waals surface area contributed by atoms with Gasteiger partial charge in [-0.15, -0.1) is 11.3 Å². The Labute approximate surface area is 141 Å². The zero-order chi connectivity index (χ0) is 16.2. The Morgan fingerprint density at radius 3 is 2.83 bits per heavy atom. The molecule has 118 valence electrons. The monoisotopic (exact) mass is 347 g/mol. The van der Waals surface area contributed by atoms with E-state index in [0.29, 0.717) is 23.5 Å². The molecule has 0 aliphatic rings. The summed E-state index contributed by atoms with van der Waals surface area (Å²) in [4.78, 5) is 29.0. The Morgan fingerprint density at radius 2 is 2.04 bits per heavy atom. The summed E-state index contributed by atoms with van der Waals surface area (Å²) < 4.78 is 1.47. The van der Waals surface area contributed by atoms with Crippen LogP contribution in [0.2, 0.25) is 5.02 Å². The van der Waals surface area contributed by atoms with Crippen molar-refractivity contribution < 1.29 is 4.79 Å². The first-order valence-electron chi connectivity index (χ1n) is 7.07. The zero-order valence-electron chi connectivity index (χ0n) is 12.2. The number of thiophene rings is 1. The van der Waals surface area contributed by atoms with Crippen molar-refractivity contribution in [2.75, 3.05) is 0 Å². The number of hydrogen-bond donors (Lipinski definition) is 1. The highest BCUT2D eigenvalue weighted by Gasteiger charge is 2.07. The van der Waals surface area contributed by atoms with Gasteiger partial charge < -0.3 is 5.32 Å². The first-order valence-corrected chi connectivity index (χ1v) is 8.33. The van der Waals surface area contributed by atoms with Gasteiger partial charge in [-0.25, -0.2) is 4.98 Å². The predicted octanol–water partition coefficient (Wildman–Crippen LogP) is 2.82. The first-order chi connectivity index (χ1) is 11.1. The number of nitrogens with one attached hydrogen (secondary N) is 1. The number of halogens is 1. The molecular weight excluding hydrogens is 334 g/mol. The minimum absolute atomic E-state index is 0.109. The van der Waals surface area contributed by atoms with E-state index in [1.165, 1.54) is 22.2 Å². The lowest BCUT2D eigenvalue weighted by atomic mass is 10.2. The molecule has 0 atom stereocenters. The molecule has 2 aromatic heterocycles. The smallest absolute Gasteiger partial charge is 0.262 e. The molecule has 0 bridgehead atoms. The normalized spacial score (nSPS) is 10.8. The van der Waals surface area contributed by atoms with Gasteiger partial charge in [-0.3, -0.25) is 14.2 Å². The third-order valence-electron chi connectivity index (χ3n) is 3.43. The topological polar surface area (TPSA) is 64.0 Å². The highest BCUT2D eigenvalue weighted by Crippen LogP contribution is 2.13. The third-order valence-corrected chi connectivity index (χ3v) is 4.51. The van der Waals surface area contributed by atoms with E-state index < -0.39 is 0 Å². The van der Waals surface area contributed by atoms with Crippen LogP contribution in [-0.4, -0.2) is 15.5 Å². The van der Waals surface area contributed by atoms with E-state index in [9.17, 15) is 9.59 Å². The van der Waals surface area contributed by atoms with Gasteiger partial charge in [0.2, 0.25) is 5.91 Å². The van der Waals surface area contributed by atoms with Crippen molar-refractivity contribution >= 4 is 39.1 Å². The summed E-state index contributed by atoms with van der Waals surface area (Å²) in [6.45, 7) is 0.747. The maximum Gasteiger partial charge on any atom is 0.262 e. The van der Waals surface area contributed by atoms with Gasteiger partial charge in [0, 0.05) is 24.5 Å². The number of benzene rings is 1. The summed E-state index contributed by atoms with van der Waals surface area (Å²) in [5.41, 5.74) is 0.864. The molecule has 23 heavy (non-hydrogen) atoms. The van der Waals surface area contributed by atoms with Crippen LogP contribution in [-0.2, 0) is 17.9 Å². The molecule has 0 unspecified atom stereocenters. The second kappa shape index (κ2) is 6.93. The first kappa shape index (κ1) is 15.7. The molecule has 0 aliphatic heterocycles. The van der Waals surface area contributed by atoms with Crippen molar-refractivity contribution in [2.45, 2.75) is 19.5 Å². The highest BCUT2D eigenvalue weighted by atomic mass is 35.5. The Hall–Kier alpha value is -2.18. The average molecular weight is 348 g/mol. The molecule has 0 saturated carbocycles. The van der Waals surface area contributed by atoms with Gasteiger partial charge in [0.05, 0.1) is 11.7 Å². The number of amides is 1. The maximum atomic E-state index is 12.2. The summed E-state index contributed by atoms with van der Waals surface area (Å²) in [5.74, 6) is -0.114. The summed E-state index contributed by atoms with van der Waals surface area (Å²) in [6.07, 6.45) is 1.72. The number of carbonyl (C=O) groups excluding carboxylic acids is 1. The average Bonchev–Trinajstić information content (AvgIpc) is 3.03. The molecule has 1 amide bonds. The van der Waals surface area contributed by atoms with Gasteiger partial charge in [-0.05, 0) is 29.1 Å². The molecule has 5 nitrogen and oxygen atoms in total. The second-order valence-electron chi connectivity index (χ2n) is 5.04. The number of nitrogens with zero attached hydrogens (tertiary/aromatic N) is 2. The van der Waals surface area contributed by atoms with Gasteiger partial charge >= 0.3 is 0 Å². The van der Waals surface area contributed by atoms with E-state index in [0.717, 1.165) is 10.4 Å². The van der Waals surface area contributed by atoms with Crippen molar-refractivity contribution in [2.24, 2.45) is 0 Å². The molecule has 0 fully saturated rings. The van der Waals surface area contributed by atoms with E-state index >= 15 is 0 Å². The summed E-state index contributed by atoms with van der Waals surface area (Å²) in [5, 5.41) is 5.92. The predicted molar refractivity (Wildman–Crippen MR) is 91.8 cm³/mol. The van der Waals surface area contributed by atoms with Gasteiger partial charge in [0.15, 0.2) is 0 Å². The van der Waals surface area contributed by atoms with Crippen LogP contribution >= 0.6 is 22.9 Å². The van der Waals surface area contributed by atoms with Gasteiger partial charge in [0.1, 0.15) is 4.83 Å². The van der Waals surface area contributed by atoms with Crippen LogP contribution in [0, 0.1) is 0 Å². The fraction of sp³-hybridized carbons (Fsp3) is 0.188. The van der Waals surface area contributed by atoms with Gasteiger partial charge in [0.25, 0.3) is 5.56 Å². The zero-order valence-corrected chi connectivity index (χ0v) is 13.7. The van der Waals surface area contributed by atoms with Crippen molar-refractivity contribution in [3.8, 4) is 0 Å². The fourth-order valence-corrected chi connectivity index (χ4v) is 3.02. The molecule has 0 spiro atoms. The van der Waals surface area contributed by atoms with Crippen LogP contribution in [0.4, 0.5) is 0 Å². The Morgan fingerprint density at radius 1 is 1.26 bits per heavy atom. The van der Waals surface area contributed by atoms with E-state index in [1.54, 1.807) is 18.2 Å². The maximum absolute atomic E-state index is 12.2. The molecule has 3 aromatic rings. The summed E-state index contributed by atoms with van der Waals surface area (Å²) >= 11 is 7.24. The SMILES string of the molecule is O=C(CCn1cnc2sccc2c1=O)NCc1ccc(Cl)cc1. The number of rotatable bonds is 5. The standard InChI is InChI=1S/C16H14ClN3O2S/c17-12-3-1-11(2-4-12)9-18-14(21)5-7-20-10-19-15-13(16(20)22)6-8-23-15/h1-4,6,8,10H,5,7,9H2,(H,18,21). The van der Waals surface area contributed by atoms with Crippen molar-refractivity contribution in [3.63, 3.8) is 0 Å². The molecule has 1 N–H and O–H groups in total. The Bertz CT molecular complexity index is 886. The number of fused-ring (bicyclic) bond motifs is 1. The molecular formula is C16H14ClN3O2S. The fourth-order valence-electron chi connectivity index (χ4n) is 2.17. The van der Waals surface area contributed by atoms with Crippen LogP contribution < -0.4 is 10.9 Å². The molecule has 3 rings (SSSR count). The van der Waals surface area contributed by atoms with Crippen LogP contribution in [0.5, 0.6) is 0 Å². The van der Waals surface area contributed by atoms with Gasteiger partial charge in [-0.1, -0.05) is 23.7 Å². The third kappa shape index (κ3) is 3.78. The lowest BCUT2D eigenvalue weighted by molar-refractivity contribution is -0.121. The lowest BCUT2D eigenvalue weighted by Gasteiger charge is -2.07. The van der Waals surface area contributed by atoms with Crippen LogP contribution in [0.15, 0.2) is 46.8 Å². The number of hydrogen-bond acceptors (Lipinski definition) is 4. The molecule has 0 radical (unpaired) electrons. The van der Waals surface area contributed by atoms with Crippen molar-refractivity contribution in [3.05, 3.63) is 63.0 Å². The molecule has 0 saturated heterocycles. The van der Waals surface area contributed by atoms with Gasteiger partial charge in [-0.2, -0.15) is 0 Å². The van der Waals surface area contributed by atoms with Crippen molar-refractivity contribution in [1.82, 2.24) is 14.9 Å². The van der Waals surface area contributed by atoms with E-state index in [2.05, 4.69) is 10.3 Å². The molecule has 7 heteroatoms. The number of aromatic nitrogens is 2. The Balaban J connectivity index is 1.56. The highest BCUT2D eigenvalue weighted by molar-refractivity contribution is 7.16. The Kier molecular flexibility index (Phi) is 4.73. The lowest BCUT2D eigenvalue weighted by Crippen LogP contribution is -2.27. The molecule has 2 heterocycles. The van der Waals surface area contributed by atoms with E-state index in [1.807, 2.05) is 17.5 Å². The van der Waals surface area contributed by atoms with Crippen LogP contribution in [0.3, 0.4) is 0 Å². The second-order valence-corrected chi connectivity index (χ2v) is 6.37. The largest absolute Gasteiger partial charge is 0.352 e. The number of aryl methyl sites for hydroxylation is 1. The van der Waals surface area contributed by atoms with E-state index in [-0.39, 0.29) is 17.9 Å². The summed E-state index contributed by atoms with van der Waals surface area (Å²) in [6, 6.07) is 9.05. The molecule has 1 aromatic carbocycles. The van der Waals surface area contributed by atoms with Crippen LogP contribution in [0.25, 0.3) is 10.2 Å². The van der Waals surface area contributed by atoms with E-state index in [4.69, 9.17) is 11.6 Å². The number of carbonyl (C=O) groups is 1. The minimum atomic E-state index is -0.114. The quantitative estimate of drug-likeness (QED) is 0.772. The van der Waals surface area contributed by atoms with Crippen LogP contribution in [0.1, 0.15) is 12.0 Å². The molecule has 0 aliphatic carbocycles.